The van der Waals surface area contributed by atoms with Crippen LogP contribution >= 0.6 is 0 Å². The molecule has 0 radical (unpaired) electrons. The minimum atomic E-state index is -0.997. The molecule has 0 saturated heterocycles. The molecule has 0 aromatic carbocycles. The fourth-order valence-corrected chi connectivity index (χ4v) is 11.1. The van der Waals surface area contributed by atoms with Crippen molar-refractivity contribution in [3.8, 4) is 0 Å². The van der Waals surface area contributed by atoms with Crippen molar-refractivity contribution in [3.63, 3.8) is 0 Å². The summed E-state index contributed by atoms with van der Waals surface area (Å²) < 4.78 is 0. The molecule has 6 nitrogen and oxygen atoms in total. The molecule has 0 aliphatic heterocycles. The predicted molar refractivity (Wildman–Crippen MR) is 137 cm³/mol. The lowest BCUT2D eigenvalue weighted by Gasteiger charge is -2.72. The molecule has 5 aliphatic rings. The van der Waals surface area contributed by atoms with E-state index in [2.05, 4.69) is 34.6 Å². The lowest BCUT2D eigenvalue weighted by atomic mass is 9.32. The highest BCUT2D eigenvalue weighted by Crippen LogP contribution is 2.75. The summed E-state index contributed by atoms with van der Waals surface area (Å²) in [7, 11) is 0. The zero-order valence-electron chi connectivity index (χ0n) is 23.0. The van der Waals surface area contributed by atoms with Gasteiger partial charge >= 0.3 is 5.97 Å². The Balaban J connectivity index is 1.67. The third kappa shape index (κ3) is 2.96. The highest BCUT2D eigenvalue weighted by molar-refractivity contribution is 5.76. The molecule has 4 saturated carbocycles. The van der Waals surface area contributed by atoms with Gasteiger partial charge in [0.25, 0.3) is 0 Å². The number of aliphatic carboxylic acids is 1. The lowest BCUT2D eigenvalue weighted by molar-refractivity contribution is -0.258. The Kier molecular flexibility index (Phi) is 5.95. The third-order valence-corrected chi connectivity index (χ3v) is 13.5. The van der Waals surface area contributed by atoms with Gasteiger partial charge in [0.1, 0.15) is 0 Å². The third-order valence-electron chi connectivity index (χ3n) is 13.5. The second-order valence-electron chi connectivity index (χ2n) is 14.6. The molecule has 5 aliphatic carbocycles. The topological polar surface area (TPSA) is 118 Å². The van der Waals surface area contributed by atoms with Crippen molar-refractivity contribution < 1.29 is 30.3 Å². The van der Waals surface area contributed by atoms with Crippen molar-refractivity contribution in [3.05, 3.63) is 11.6 Å². The van der Waals surface area contributed by atoms with Gasteiger partial charge in [-0.2, -0.15) is 0 Å². The standard InChI is InChI=1S/C30H48O6/c1-16-7-10-30(25(35)36)12-11-28(5)18(22(30)17(16)2)13-19(32)23-26(3)14-20(33)24(34)27(4,15-31)21(26)8-9-29(23,28)6/h13,16-17,19-24,31-34H,7-12,14-15H2,1-6H3,(H,35,36)/t16-,17+,19-,20-,21-,22+,23-,24+,26+,27+,28-,29-,30+/m1/s1. The van der Waals surface area contributed by atoms with E-state index in [1.165, 1.54) is 0 Å². The number of carbonyl (C=O) groups is 1. The molecule has 204 valence electrons. The first-order valence-electron chi connectivity index (χ1n) is 14.2. The van der Waals surface area contributed by atoms with Crippen LogP contribution in [0.5, 0.6) is 0 Å². The van der Waals surface area contributed by atoms with Crippen molar-refractivity contribution in [2.75, 3.05) is 6.61 Å². The van der Waals surface area contributed by atoms with Crippen LogP contribution in [0.4, 0.5) is 0 Å². The van der Waals surface area contributed by atoms with Crippen LogP contribution in [-0.4, -0.2) is 56.4 Å². The Hall–Kier alpha value is -0.950. The number of hydrogen-bond donors (Lipinski definition) is 5. The second-order valence-corrected chi connectivity index (χ2v) is 14.6. The fraction of sp³-hybridized carbons (Fsp3) is 0.900. The Labute approximate surface area is 216 Å². The monoisotopic (exact) mass is 504 g/mol. The summed E-state index contributed by atoms with van der Waals surface area (Å²) in [6.45, 7) is 12.9. The van der Waals surface area contributed by atoms with Gasteiger partial charge < -0.3 is 25.5 Å². The summed E-state index contributed by atoms with van der Waals surface area (Å²) in [6.07, 6.45) is 4.42. The van der Waals surface area contributed by atoms with Gasteiger partial charge in [-0.15, -0.1) is 0 Å². The molecule has 0 aromatic rings. The first kappa shape index (κ1) is 26.6. The number of hydrogen-bond acceptors (Lipinski definition) is 5. The number of fused-ring (bicyclic) bond motifs is 7. The molecule has 13 atom stereocenters. The number of carboxylic acid groups (broad SMARTS) is 1. The molecule has 4 fully saturated rings. The Morgan fingerprint density at radius 3 is 2.28 bits per heavy atom. The SMILES string of the molecule is C[C@H]1[C@H](C)CC[C@]2(C(=O)O)CC[C@]3(C)C(=C[C@@H](O)[C@@H]4[C@@]5(C)C[C@@H](O)[C@H](O)[C@@](C)(CO)[C@@H]5CC[C@]43C)[C@H]12. The van der Waals surface area contributed by atoms with E-state index in [1.807, 2.05) is 13.0 Å². The van der Waals surface area contributed by atoms with Crippen molar-refractivity contribution >= 4 is 5.97 Å². The van der Waals surface area contributed by atoms with Crippen LogP contribution in [0.15, 0.2) is 11.6 Å². The highest BCUT2D eigenvalue weighted by Gasteiger charge is 2.72. The van der Waals surface area contributed by atoms with Crippen LogP contribution in [0.25, 0.3) is 0 Å². The van der Waals surface area contributed by atoms with Gasteiger partial charge in [0.2, 0.25) is 0 Å². The molecule has 0 bridgehead atoms. The number of allylic oxidation sites excluding steroid dienone is 1. The first-order valence-corrected chi connectivity index (χ1v) is 14.2. The van der Waals surface area contributed by atoms with E-state index in [0.717, 1.165) is 31.3 Å². The number of aliphatic hydroxyl groups excluding tert-OH is 4. The summed E-state index contributed by atoms with van der Waals surface area (Å²) in [5, 5.41) is 54.8. The molecule has 0 unspecified atom stereocenters. The van der Waals surface area contributed by atoms with Gasteiger partial charge in [0.15, 0.2) is 0 Å². The van der Waals surface area contributed by atoms with Crippen LogP contribution in [0.2, 0.25) is 0 Å². The van der Waals surface area contributed by atoms with Crippen LogP contribution in [0, 0.1) is 56.7 Å². The van der Waals surface area contributed by atoms with Crippen molar-refractivity contribution in [2.45, 2.75) is 105 Å². The van der Waals surface area contributed by atoms with Crippen LogP contribution < -0.4 is 0 Å². The zero-order valence-corrected chi connectivity index (χ0v) is 23.0. The van der Waals surface area contributed by atoms with E-state index < -0.39 is 40.5 Å². The summed E-state index contributed by atoms with van der Waals surface area (Å²) >= 11 is 0. The number of rotatable bonds is 2. The largest absolute Gasteiger partial charge is 0.481 e. The van der Waals surface area contributed by atoms with Gasteiger partial charge in [-0.3, -0.25) is 4.79 Å². The van der Waals surface area contributed by atoms with Gasteiger partial charge in [0, 0.05) is 11.3 Å². The number of aliphatic hydroxyl groups is 4. The Bertz CT molecular complexity index is 963. The zero-order chi connectivity index (χ0) is 26.6. The van der Waals surface area contributed by atoms with Crippen LogP contribution in [0.3, 0.4) is 0 Å². The van der Waals surface area contributed by atoms with E-state index in [-0.39, 0.29) is 41.1 Å². The number of carboxylic acids is 1. The molecular formula is C30H48O6. The van der Waals surface area contributed by atoms with E-state index in [9.17, 15) is 30.3 Å². The van der Waals surface area contributed by atoms with Crippen LogP contribution in [0.1, 0.15) is 86.5 Å². The molecule has 5 rings (SSSR count). The maximum absolute atomic E-state index is 12.8. The molecular weight excluding hydrogens is 456 g/mol. The van der Waals surface area contributed by atoms with E-state index in [4.69, 9.17) is 0 Å². The van der Waals surface area contributed by atoms with Gasteiger partial charge in [0.05, 0.1) is 30.3 Å². The molecule has 0 heterocycles. The normalized spacial score (nSPS) is 58.6. The Morgan fingerprint density at radius 2 is 1.67 bits per heavy atom. The minimum absolute atomic E-state index is 0.0324. The van der Waals surface area contributed by atoms with Gasteiger partial charge in [-0.25, -0.2) is 0 Å². The first-order chi connectivity index (χ1) is 16.6. The molecule has 36 heavy (non-hydrogen) atoms. The van der Waals surface area contributed by atoms with E-state index in [1.54, 1.807) is 0 Å². The second kappa shape index (κ2) is 8.03. The van der Waals surface area contributed by atoms with Crippen LogP contribution in [-0.2, 0) is 4.79 Å². The summed E-state index contributed by atoms with van der Waals surface area (Å²) in [4.78, 5) is 12.8. The lowest BCUT2D eigenvalue weighted by Crippen LogP contribution is -2.70. The molecule has 5 N–H and O–H groups in total. The summed E-state index contributed by atoms with van der Waals surface area (Å²) in [5.74, 6) is -0.299. The minimum Gasteiger partial charge on any atom is -0.481 e. The quantitative estimate of drug-likeness (QED) is 0.363. The maximum Gasteiger partial charge on any atom is 0.310 e. The maximum atomic E-state index is 12.8. The van der Waals surface area contributed by atoms with Crippen molar-refractivity contribution in [1.29, 1.82) is 0 Å². The smallest absolute Gasteiger partial charge is 0.310 e. The van der Waals surface area contributed by atoms with E-state index in [0.29, 0.717) is 25.2 Å². The predicted octanol–water partition coefficient (Wildman–Crippen LogP) is 4.00. The molecule has 0 amide bonds. The van der Waals surface area contributed by atoms with Crippen molar-refractivity contribution in [1.82, 2.24) is 0 Å². The summed E-state index contributed by atoms with van der Waals surface area (Å²) in [5.41, 5.74) is -1.45. The van der Waals surface area contributed by atoms with E-state index >= 15 is 0 Å². The summed E-state index contributed by atoms with van der Waals surface area (Å²) in [6, 6.07) is 0. The average molecular weight is 505 g/mol. The average Bonchev–Trinajstić information content (AvgIpc) is 2.80. The highest BCUT2D eigenvalue weighted by atomic mass is 16.4. The molecule has 0 aromatic heterocycles. The Morgan fingerprint density at radius 1 is 1.00 bits per heavy atom. The van der Waals surface area contributed by atoms with Gasteiger partial charge in [-0.05, 0) is 84.9 Å². The molecule has 6 heteroatoms. The van der Waals surface area contributed by atoms with Crippen molar-refractivity contribution in [2.24, 2.45) is 56.7 Å². The van der Waals surface area contributed by atoms with Gasteiger partial charge in [-0.1, -0.05) is 53.2 Å². The molecule has 0 spiro atoms. The fourth-order valence-electron chi connectivity index (χ4n) is 11.1.